The van der Waals surface area contributed by atoms with Crippen LogP contribution in [0.15, 0.2) is 24.3 Å². The molecule has 1 heterocycles. The van der Waals surface area contributed by atoms with Crippen molar-refractivity contribution in [2.45, 2.75) is 20.0 Å². The van der Waals surface area contributed by atoms with Crippen molar-refractivity contribution in [1.29, 1.82) is 5.41 Å². The van der Waals surface area contributed by atoms with Crippen molar-refractivity contribution in [3.05, 3.63) is 45.4 Å². The smallest absolute Gasteiger partial charge is 0.135 e. The number of hydrogen-bond acceptors (Lipinski definition) is 5. The molecule has 0 amide bonds. The van der Waals surface area contributed by atoms with Gasteiger partial charge in [0.15, 0.2) is 0 Å². The van der Waals surface area contributed by atoms with E-state index in [1.54, 1.807) is 7.11 Å². The zero-order valence-electron chi connectivity index (χ0n) is 12.2. The normalized spacial score (nSPS) is 10.6. The molecular weight excluding hydrogens is 286 g/mol. The molecule has 2 aromatic rings. The van der Waals surface area contributed by atoms with E-state index >= 15 is 0 Å². The Labute approximate surface area is 128 Å². The van der Waals surface area contributed by atoms with E-state index < -0.39 is 0 Å². The highest BCUT2D eigenvalue weighted by Gasteiger charge is 2.13. The predicted octanol–water partition coefficient (Wildman–Crippen LogP) is 2.50. The molecule has 1 aromatic heterocycles. The standard InChI is InChI=1S/C15H19N3O2S/c1-10-3-5-11(6-4-10)20-8-7-13-18-12(9-19-2)14(21-13)15(16)17/h3-6H,7-9H2,1-2H3,(H3,16,17). The van der Waals surface area contributed by atoms with Crippen molar-refractivity contribution in [2.75, 3.05) is 13.7 Å². The Hall–Kier alpha value is -1.92. The SMILES string of the molecule is COCc1nc(CCOc2ccc(C)cc2)sc1C(=N)N. The highest BCUT2D eigenvalue weighted by atomic mass is 32.1. The van der Waals surface area contributed by atoms with Crippen molar-refractivity contribution < 1.29 is 9.47 Å². The number of nitrogen functional groups attached to an aromatic ring is 1. The molecule has 21 heavy (non-hydrogen) atoms. The predicted molar refractivity (Wildman–Crippen MR) is 84.2 cm³/mol. The zero-order chi connectivity index (χ0) is 15.2. The molecule has 0 unspecified atom stereocenters. The van der Waals surface area contributed by atoms with Crippen molar-refractivity contribution in [1.82, 2.24) is 4.98 Å². The molecule has 0 atom stereocenters. The number of methoxy groups -OCH3 is 1. The van der Waals surface area contributed by atoms with Crippen molar-refractivity contribution in [2.24, 2.45) is 5.73 Å². The van der Waals surface area contributed by atoms with Crippen molar-refractivity contribution in [3.63, 3.8) is 0 Å². The molecule has 0 aliphatic carbocycles. The fourth-order valence-electron chi connectivity index (χ4n) is 1.84. The summed E-state index contributed by atoms with van der Waals surface area (Å²) in [6, 6.07) is 7.94. The number of nitrogens with one attached hydrogen (secondary N) is 1. The van der Waals surface area contributed by atoms with E-state index in [1.807, 2.05) is 31.2 Å². The molecule has 3 N–H and O–H groups in total. The molecule has 0 saturated carbocycles. The van der Waals surface area contributed by atoms with Crippen LogP contribution in [0, 0.1) is 12.3 Å². The first-order valence-electron chi connectivity index (χ1n) is 6.61. The number of ether oxygens (including phenoxy) is 2. The molecule has 0 aliphatic rings. The number of aromatic nitrogens is 1. The van der Waals surface area contributed by atoms with Gasteiger partial charge in [0.1, 0.15) is 11.6 Å². The van der Waals surface area contributed by atoms with E-state index in [-0.39, 0.29) is 5.84 Å². The van der Waals surface area contributed by atoms with E-state index in [9.17, 15) is 0 Å². The Bertz CT molecular complexity index is 608. The number of thiazole rings is 1. The summed E-state index contributed by atoms with van der Waals surface area (Å²) < 4.78 is 10.8. The van der Waals surface area contributed by atoms with Gasteiger partial charge in [-0.15, -0.1) is 11.3 Å². The van der Waals surface area contributed by atoms with E-state index in [0.717, 1.165) is 16.5 Å². The summed E-state index contributed by atoms with van der Waals surface area (Å²) in [6.45, 7) is 2.95. The van der Waals surface area contributed by atoms with Gasteiger partial charge in [-0.3, -0.25) is 5.41 Å². The van der Waals surface area contributed by atoms with Crippen LogP contribution in [0.25, 0.3) is 0 Å². The Morgan fingerprint density at radius 1 is 1.33 bits per heavy atom. The Morgan fingerprint density at radius 2 is 2.05 bits per heavy atom. The summed E-state index contributed by atoms with van der Waals surface area (Å²) in [5, 5.41) is 8.46. The Kier molecular flexibility index (Phi) is 5.30. The van der Waals surface area contributed by atoms with Gasteiger partial charge in [-0.05, 0) is 19.1 Å². The average Bonchev–Trinajstić information content (AvgIpc) is 2.85. The molecule has 6 heteroatoms. The number of amidine groups is 1. The van der Waals surface area contributed by atoms with E-state index in [4.69, 9.17) is 20.6 Å². The molecule has 0 aliphatic heterocycles. The summed E-state index contributed by atoms with van der Waals surface area (Å²) in [6.07, 6.45) is 0.683. The second-order valence-corrected chi connectivity index (χ2v) is 5.73. The summed E-state index contributed by atoms with van der Waals surface area (Å²) in [7, 11) is 1.60. The lowest BCUT2D eigenvalue weighted by molar-refractivity contribution is 0.181. The number of nitrogens with two attached hydrogens (primary N) is 1. The highest BCUT2D eigenvalue weighted by Crippen LogP contribution is 2.20. The zero-order valence-corrected chi connectivity index (χ0v) is 13.0. The van der Waals surface area contributed by atoms with Crippen LogP contribution < -0.4 is 10.5 Å². The second kappa shape index (κ2) is 7.19. The van der Waals surface area contributed by atoms with Gasteiger partial charge in [0.05, 0.1) is 28.8 Å². The summed E-state index contributed by atoms with van der Waals surface area (Å²) in [5.41, 5.74) is 7.49. The highest BCUT2D eigenvalue weighted by molar-refractivity contribution is 7.13. The Morgan fingerprint density at radius 3 is 2.67 bits per heavy atom. The molecular formula is C15H19N3O2S. The van der Waals surface area contributed by atoms with Gasteiger partial charge >= 0.3 is 0 Å². The number of rotatable bonds is 7. The lowest BCUT2D eigenvalue weighted by atomic mass is 10.2. The average molecular weight is 305 g/mol. The minimum Gasteiger partial charge on any atom is -0.493 e. The summed E-state index contributed by atoms with van der Waals surface area (Å²) in [5.74, 6) is 0.881. The minimum atomic E-state index is 0.0326. The van der Waals surface area contributed by atoms with Crippen LogP contribution in [0.1, 0.15) is 21.1 Å². The maximum Gasteiger partial charge on any atom is 0.135 e. The van der Waals surface area contributed by atoms with Crippen LogP contribution in [0.2, 0.25) is 0 Å². The van der Waals surface area contributed by atoms with Gasteiger partial charge in [-0.25, -0.2) is 4.98 Å². The fraction of sp³-hybridized carbons (Fsp3) is 0.333. The number of hydrogen-bond donors (Lipinski definition) is 2. The first kappa shape index (κ1) is 15.5. The number of nitrogens with zero attached hydrogens (tertiary/aromatic N) is 1. The molecule has 1 aromatic carbocycles. The van der Waals surface area contributed by atoms with E-state index in [0.29, 0.717) is 24.5 Å². The fourth-order valence-corrected chi connectivity index (χ4v) is 2.75. The van der Waals surface area contributed by atoms with Crippen LogP contribution in [-0.4, -0.2) is 24.5 Å². The van der Waals surface area contributed by atoms with Gasteiger partial charge < -0.3 is 15.2 Å². The second-order valence-electron chi connectivity index (χ2n) is 4.64. The Balaban J connectivity index is 1.95. The van der Waals surface area contributed by atoms with E-state index in [1.165, 1.54) is 16.9 Å². The number of aryl methyl sites for hydroxylation is 1. The maximum atomic E-state index is 7.56. The first-order chi connectivity index (χ1) is 10.1. The summed E-state index contributed by atoms with van der Waals surface area (Å²) >= 11 is 1.42. The molecule has 5 nitrogen and oxygen atoms in total. The molecule has 2 rings (SSSR count). The van der Waals surface area contributed by atoms with Crippen molar-refractivity contribution in [3.8, 4) is 5.75 Å². The van der Waals surface area contributed by atoms with Gasteiger partial charge in [-0.2, -0.15) is 0 Å². The quantitative estimate of drug-likeness (QED) is 0.608. The monoisotopic (exact) mass is 305 g/mol. The number of benzene rings is 1. The lowest BCUT2D eigenvalue weighted by Gasteiger charge is -2.04. The molecule has 0 spiro atoms. The lowest BCUT2D eigenvalue weighted by Crippen LogP contribution is -2.11. The van der Waals surface area contributed by atoms with Crippen LogP contribution in [0.3, 0.4) is 0 Å². The van der Waals surface area contributed by atoms with Crippen LogP contribution >= 0.6 is 11.3 Å². The third kappa shape index (κ3) is 4.27. The van der Waals surface area contributed by atoms with E-state index in [2.05, 4.69) is 4.98 Å². The molecule has 0 fully saturated rings. The van der Waals surface area contributed by atoms with Crippen LogP contribution in [0.4, 0.5) is 0 Å². The largest absolute Gasteiger partial charge is 0.493 e. The summed E-state index contributed by atoms with van der Waals surface area (Å²) in [4.78, 5) is 5.14. The molecule has 0 saturated heterocycles. The topological polar surface area (TPSA) is 81.2 Å². The van der Waals surface area contributed by atoms with Gasteiger partial charge in [-0.1, -0.05) is 17.7 Å². The van der Waals surface area contributed by atoms with Crippen LogP contribution in [-0.2, 0) is 17.8 Å². The minimum absolute atomic E-state index is 0.0326. The maximum absolute atomic E-state index is 7.56. The molecule has 112 valence electrons. The third-order valence-electron chi connectivity index (χ3n) is 2.87. The van der Waals surface area contributed by atoms with Gasteiger partial charge in [0.2, 0.25) is 0 Å². The third-order valence-corrected chi connectivity index (χ3v) is 4.06. The first-order valence-corrected chi connectivity index (χ1v) is 7.43. The van der Waals surface area contributed by atoms with Gasteiger partial charge in [0.25, 0.3) is 0 Å². The van der Waals surface area contributed by atoms with Crippen LogP contribution in [0.5, 0.6) is 5.75 Å². The van der Waals surface area contributed by atoms with Crippen molar-refractivity contribution >= 4 is 17.2 Å². The van der Waals surface area contributed by atoms with Gasteiger partial charge in [0, 0.05) is 13.5 Å². The molecule has 0 bridgehead atoms. The molecule has 0 radical (unpaired) electrons.